The monoisotopic (exact) mass is 267 g/mol. The fraction of sp³-hybridized carbons (Fsp3) is 0.571. The van der Waals surface area contributed by atoms with Crippen LogP contribution in [0.4, 0.5) is 0 Å². The second-order valence-electron chi connectivity index (χ2n) is 4.56. The molecule has 1 heterocycles. The van der Waals surface area contributed by atoms with Crippen LogP contribution in [-0.2, 0) is 5.75 Å². The third-order valence-corrected chi connectivity index (χ3v) is 5.44. The van der Waals surface area contributed by atoms with Gasteiger partial charge in [0.2, 0.25) is 0 Å². The summed E-state index contributed by atoms with van der Waals surface area (Å²) in [5, 5.41) is 4.47. The maximum Gasteiger partial charge on any atom is 0.0415 e. The van der Waals surface area contributed by atoms with E-state index in [4.69, 9.17) is 0 Å². The van der Waals surface area contributed by atoms with Crippen molar-refractivity contribution in [3.8, 4) is 0 Å². The van der Waals surface area contributed by atoms with Crippen molar-refractivity contribution in [3.05, 3.63) is 35.4 Å². The molecule has 17 heavy (non-hydrogen) atoms. The molecular formula is C14H21NS2. The molecule has 1 N–H and O–H groups in total. The molecule has 1 nitrogen and oxygen atoms in total. The minimum absolute atomic E-state index is 0.555. The van der Waals surface area contributed by atoms with Crippen LogP contribution < -0.4 is 5.32 Å². The van der Waals surface area contributed by atoms with Crippen molar-refractivity contribution in [2.45, 2.75) is 30.4 Å². The van der Waals surface area contributed by atoms with Crippen LogP contribution in [0.15, 0.2) is 24.3 Å². The van der Waals surface area contributed by atoms with E-state index in [1.165, 1.54) is 29.1 Å². The maximum absolute atomic E-state index is 3.71. The van der Waals surface area contributed by atoms with E-state index in [2.05, 4.69) is 42.8 Å². The summed E-state index contributed by atoms with van der Waals surface area (Å²) in [6, 6.07) is 9.41. The minimum Gasteiger partial charge on any atom is -0.309 e. The van der Waals surface area contributed by atoms with Gasteiger partial charge in [0.15, 0.2) is 0 Å². The molecule has 2 atom stereocenters. The molecule has 1 aliphatic rings. The largest absolute Gasteiger partial charge is 0.309 e. The standard InChI is InChI=1S/C14H21NS2/c1-11(16-2)7-8-15-14-10-17-9-12-5-3-4-6-13(12)14/h3-6,11,14-15H,7-10H2,1-2H3. The van der Waals surface area contributed by atoms with Crippen molar-refractivity contribution >= 4 is 23.5 Å². The zero-order valence-electron chi connectivity index (χ0n) is 10.6. The molecule has 1 aliphatic heterocycles. The fourth-order valence-corrected chi connectivity index (χ4v) is 3.62. The molecular weight excluding hydrogens is 246 g/mol. The molecule has 0 spiro atoms. The van der Waals surface area contributed by atoms with Crippen LogP contribution in [0.3, 0.4) is 0 Å². The Bertz CT molecular complexity index is 354. The fourth-order valence-electron chi connectivity index (χ4n) is 2.13. The first-order chi connectivity index (χ1) is 8.31. The number of nitrogens with one attached hydrogen (secondary N) is 1. The van der Waals surface area contributed by atoms with Gasteiger partial charge >= 0.3 is 0 Å². The van der Waals surface area contributed by atoms with Gasteiger partial charge in [0.25, 0.3) is 0 Å². The Morgan fingerprint density at radius 3 is 3.12 bits per heavy atom. The second-order valence-corrected chi connectivity index (χ2v) is 6.86. The van der Waals surface area contributed by atoms with E-state index >= 15 is 0 Å². The summed E-state index contributed by atoms with van der Waals surface area (Å²) in [6.07, 6.45) is 3.45. The predicted octanol–water partition coefficient (Wildman–Crippen LogP) is 3.71. The average Bonchev–Trinajstić information content (AvgIpc) is 2.39. The van der Waals surface area contributed by atoms with E-state index in [0.717, 1.165) is 11.8 Å². The summed E-state index contributed by atoms with van der Waals surface area (Å²) in [7, 11) is 0. The summed E-state index contributed by atoms with van der Waals surface area (Å²) in [5.74, 6) is 2.39. The molecule has 3 heteroatoms. The number of hydrogen-bond donors (Lipinski definition) is 1. The number of hydrogen-bond acceptors (Lipinski definition) is 3. The van der Waals surface area contributed by atoms with E-state index in [1.54, 1.807) is 0 Å². The molecule has 0 bridgehead atoms. The SMILES string of the molecule is CSC(C)CCNC1CSCc2ccccc21. The molecule has 0 amide bonds. The van der Waals surface area contributed by atoms with E-state index in [1.807, 2.05) is 23.5 Å². The van der Waals surface area contributed by atoms with Crippen LogP contribution in [0.5, 0.6) is 0 Å². The first kappa shape index (κ1) is 13.3. The topological polar surface area (TPSA) is 12.0 Å². The highest BCUT2D eigenvalue weighted by Crippen LogP contribution is 2.31. The van der Waals surface area contributed by atoms with Crippen LogP contribution in [0.1, 0.15) is 30.5 Å². The van der Waals surface area contributed by atoms with Gasteiger partial charge in [0.1, 0.15) is 0 Å². The lowest BCUT2D eigenvalue weighted by atomic mass is 10.0. The maximum atomic E-state index is 3.71. The summed E-state index contributed by atoms with van der Waals surface area (Å²) >= 11 is 3.99. The van der Waals surface area contributed by atoms with Crippen molar-refractivity contribution in [3.63, 3.8) is 0 Å². The number of thioether (sulfide) groups is 2. The molecule has 2 rings (SSSR count). The molecule has 1 aromatic rings. The average molecular weight is 267 g/mol. The molecule has 2 unspecified atom stereocenters. The molecule has 0 saturated carbocycles. The summed E-state index contributed by atoms with van der Waals surface area (Å²) in [6.45, 7) is 3.43. The minimum atomic E-state index is 0.555. The normalized spacial score (nSPS) is 20.9. The Kier molecular flexibility index (Phi) is 5.26. The van der Waals surface area contributed by atoms with Crippen molar-refractivity contribution in [1.29, 1.82) is 0 Å². The van der Waals surface area contributed by atoms with Gasteiger partial charge in [0.05, 0.1) is 0 Å². The van der Waals surface area contributed by atoms with E-state index in [-0.39, 0.29) is 0 Å². The Morgan fingerprint density at radius 2 is 2.29 bits per heavy atom. The van der Waals surface area contributed by atoms with Gasteiger partial charge in [-0.05, 0) is 30.3 Å². The summed E-state index contributed by atoms with van der Waals surface area (Å²) < 4.78 is 0. The van der Waals surface area contributed by atoms with Gasteiger partial charge < -0.3 is 5.32 Å². The van der Waals surface area contributed by atoms with Crippen molar-refractivity contribution in [2.24, 2.45) is 0 Å². The number of rotatable bonds is 5. The zero-order valence-corrected chi connectivity index (χ0v) is 12.2. The zero-order chi connectivity index (χ0) is 12.1. The van der Waals surface area contributed by atoms with Crippen LogP contribution in [-0.4, -0.2) is 23.8 Å². The van der Waals surface area contributed by atoms with Crippen LogP contribution in [0.2, 0.25) is 0 Å². The van der Waals surface area contributed by atoms with Crippen molar-refractivity contribution in [1.82, 2.24) is 5.32 Å². The lowest BCUT2D eigenvalue weighted by Gasteiger charge is -2.26. The van der Waals surface area contributed by atoms with Gasteiger partial charge in [-0.2, -0.15) is 23.5 Å². The lowest BCUT2D eigenvalue weighted by Crippen LogP contribution is -2.28. The van der Waals surface area contributed by atoms with Crippen molar-refractivity contribution in [2.75, 3.05) is 18.6 Å². The smallest absolute Gasteiger partial charge is 0.0415 e. The molecule has 0 fully saturated rings. The van der Waals surface area contributed by atoms with Crippen LogP contribution in [0.25, 0.3) is 0 Å². The third-order valence-electron chi connectivity index (χ3n) is 3.32. The predicted molar refractivity (Wildman–Crippen MR) is 80.9 cm³/mol. The van der Waals surface area contributed by atoms with Gasteiger partial charge in [-0.15, -0.1) is 0 Å². The summed E-state index contributed by atoms with van der Waals surface area (Å²) in [4.78, 5) is 0. The van der Waals surface area contributed by atoms with E-state index in [9.17, 15) is 0 Å². The van der Waals surface area contributed by atoms with E-state index < -0.39 is 0 Å². The van der Waals surface area contributed by atoms with Gasteiger partial charge in [0, 0.05) is 22.8 Å². The Morgan fingerprint density at radius 1 is 1.47 bits per heavy atom. The third kappa shape index (κ3) is 3.67. The molecule has 0 aromatic heterocycles. The van der Waals surface area contributed by atoms with Crippen LogP contribution in [0, 0.1) is 0 Å². The molecule has 0 saturated heterocycles. The first-order valence-corrected chi connectivity index (χ1v) is 8.67. The Balaban J connectivity index is 1.90. The van der Waals surface area contributed by atoms with Gasteiger partial charge in [-0.3, -0.25) is 0 Å². The highest BCUT2D eigenvalue weighted by Gasteiger charge is 2.19. The molecule has 94 valence electrons. The Hall–Kier alpha value is -0.120. The van der Waals surface area contributed by atoms with Gasteiger partial charge in [-0.25, -0.2) is 0 Å². The summed E-state index contributed by atoms with van der Waals surface area (Å²) in [5.41, 5.74) is 3.03. The Labute approximate surface area is 113 Å². The highest BCUT2D eigenvalue weighted by molar-refractivity contribution is 7.99. The molecule has 0 aliphatic carbocycles. The quantitative estimate of drug-likeness (QED) is 0.873. The number of benzene rings is 1. The van der Waals surface area contributed by atoms with E-state index in [0.29, 0.717) is 6.04 Å². The molecule has 1 aromatic carbocycles. The number of fused-ring (bicyclic) bond motifs is 1. The van der Waals surface area contributed by atoms with Gasteiger partial charge in [-0.1, -0.05) is 31.2 Å². The highest BCUT2D eigenvalue weighted by atomic mass is 32.2. The van der Waals surface area contributed by atoms with Crippen molar-refractivity contribution < 1.29 is 0 Å². The first-order valence-electron chi connectivity index (χ1n) is 6.23. The second kappa shape index (κ2) is 6.72. The lowest BCUT2D eigenvalue weighted by molar-refractivity contribution is 0.558. The van der Waals surface area contributed by atoms with Crippen LogP contribution >= 0.6 is 23.5 Å². The molecule has 0 radical (unpaired) electrons.